The zero-order chi connectivity index (χ0) is 15.4. The number of halogens is 2. The smallest absolute Gasteiger partial charge is 0.239 e. The molecule has 0 bridgehead atoms. The van der Waals surface area contributed by atoms with E-state index in [1.54, 1.807) is 36.4 Å². The van der Waals surface area contributed by atoms with E-state index in [9.17, 15) is 9.59 Å². The number of rotatable bonds is 4. The molecule has 0 unspecified atom stereocenters. The Bertz CT molecular complexity index is 702. The Morgan fingerprint density at radius 3 is 2.48 bits per heavy atom. The number of carbonyl (C=O) groups excluding carboxylic acids is 2. The third-order valence-electron chi connectivity index (χ3n) is 2.83. The van der Waals surface area contributed by atoms with E-state index in [1.165, 1.54) is 6.07 Å². The zero-order valence-electron chi connectivity index (χ0n) is 10.9. The first-order chi connectivity index (χ1) is 10.0. The summed E-state index contributed by atoms with van der Waals surface area (Å²) in [6.07, 6.45) is 0. The molecule has 2 aromatic rings. The Balaban J connectivity index is 2.47. The normalized spacial score (nSPS) is 10.2. The summed E-state index contributed by atoms with van der Waals surface area (Å²) in [5, 5.41) is 2.95. The molecule has 0 fully saturated rings. The minimum atomic E-state index is -0.408. The predicted molar refractivity (Wildman–Crippen MR) is 85.1 cm³/mol. The summed E-state index contributed by atoms with van der Waals surface area (Å²) in [5.41, 5.74) is 7.13. The van der Waals surface area contributed by atoms with E-state index < -0.39 is 5.91 Å². The van der Waals surface area contributed by atoms with Gasteiger partial charge >= 0.3 is 0 Å². The lowest BCUT2D eigenvalue weighted by Gasteiger charge is -2.11. The highest BCUT2D eigenvalue weighted by atomic mass is 35.5. The molecule has 0 heterocycles. The molecule has 0 atom stereocenters. The molecule has 0 aromatic heterocycles. The van der Waals surface area contributed by atoms with E-state index in [2.05, 4.69) is 5.32 Å². The molecule has 108 valence electrons. The number of hydrogen-bond acceptors (Lipinski definition) is 3. The van der Waals surface area contributed by atoms with Crippen LogP contribution in [0.2, 0.25) is 5.02 Å². The fraction of sp³-hybridized carbons (Fsp3) is 0.0667. The van der Waals surface area contributed by atoms with Crippen LogP contribution in [0.4, 0.5) is 11.4 Å². The van der Waals surface area contributed by atoms with Crippen molar-refractivity contribution in [3.05, 3.63) is 58.6 Å². The van der Waals surface area contributed by atoms with Crippen LogP contribution in [0, 0.1) is 0 Å². The third kappa shape index (κ3) is 3.54. The van der Waals surface area contributed by atoms with Crippen LogP contribution in [0.25, 0.3) is 0 Å². The number of nitrogens with one attached hydrogen (secondary N) is 1. The maximum absolute atomic E-state index is 12.6. The molecule has 3 N–H and O–H groups in total. The highest BCUT2D eigenvalue weighted by Gasteiger charge is 2.17. The molecule has 1 amide bonds. The Kier molecular flexibility index (Phi) is 4.83. The van der Waals surface area contributed by atoms with Crippen LogP contribution in [0.15, 0.2) is 42.5 Å². The van der Waals surface area contributed by atoms with E-state index in [4.69, 9.17) is 28.9 Å². The molecule has 0 aliphatic rings. The zero-order valence-corrected chi connectivity index (χ0v) is 12.4. The molecule has 6 heteroatoms. The van der Waals surface area contributed by atoms with Crippen LogP contribution in [0.1, 0.15) is 15.9 Å². The van der Waals surface area contributed by atoms with Gasteiger partial charge in [-0.1, -0.05) is 23.7 Å². The van der Waals surface area contributed by atoms with Crippen molar-refractivity contribution >= 4 is 46.3 Å². The lowest BCUT2D eigenvalue weighted by Crippen LogP contribution is -2.16. The van der Waals surface area contributed by atoms with E-state index in [0.29, 0.717) is 22.0 Å². The van der Waals surface area contributed by atoms with Gasteiger partial charge in [0.05, 0.1) is 5.69 Å². The number of alkyl halides is 1. The average Bonchev–Trinajstić information content (AvgIpc) is 2.48. The molecule has 0 aliphatic carbocycles. The molecule has 0 saturated carbocycles. The Morgan fingerprint density at radius 1 is 1.10 bits per heavy atom. The number of nitrogen functional groups attached to an aromatic ring is 1. The lowest BCUT2D eigenvalue weighted by atomic mass is 10.00. The maximum atomic E-state index is 12.6. The first-order valence-corrected chi connectivity index (χ1v) is 6.98. The van der Waals surface area contributed by atoms with Crippen LogP contribution < -0.4 is 11.1 Å². The summed E-state index contributed by atoms with van der Waals surface area (Å²) < 4.78 is 0. The highest BCUT2D eigenvalue weighted by Crippen LogP contribution is 2.25. The van der Waals surface area contributed by atoms with Crippen molar-refractivity contribution in [2.45, 2.75) is 0 Å². The number of carbonyl (C=O) groups is 2. The molecular weight excluding hydrogens is 311 g/mol. The fourth-order valence-corrected chi connectivity index (χ4v) is 2.08. The fourth-order valence-electron chi connectivity index (χ4n) is 1.85. The molecule has 0 saturated heterocycles. The van der Waals surface area contributed by atoms with Gasteiger partial charge in [-0.2, -0.15) is 0 Å². The largest absolute Gasteiger partial charge is 0.398 e. The topological polar surface area (TPSA) is 72.2 Å². The number of benzene rings is 2. The molecule has 0 aliphatic heterocycles. The van der Waals surface area contributed by atoms with Crippen molar-refractivity contribution in [2.24, 2.45) is 0 Å². The minimum absolute atomic E-state index is 0.205. The van der Waals surface area contributed by atoms with Crippen LogP contribution in [0.3, 0.4) is 0 Å². The molecule has 0 radical (unpaired) electrons. The summed E-state index contributed by atoms with van der Waals surface area (Å²) >= 11 is 11.4. The monoisotopic (exact) mass is 322 g/mol. The van der Waals surface area contributed by atoms with Crippen LogP contribution in [0.5, 0.6) is 0 Å². The van der Waals surface area contributed by atoms with Gasteiger partial charge in [-0.3, -0.25) is 9.59 Å². The number of para-hydroxylation sites is 1. The van der Waals surface area contributed by atoms with E-state index in [-0.39, 0.29) is 17.2 Å². The van der Waals surface area contributed by atoms with Gasteiger partial charge in [-0.05, 0) is 30.3 Å². The quantitative estimate of drug-likeness (QED) is 0.515. The second-order valence-electron chi connectivity index (χ2n) is 4.29. The van der Waals surface area contributed by atoms with Gasteiger partial charge in [0.15, 0.2) is 5.78 Å². The van der Waals surface area contributed by atoms with Gasteiger partial charge in [0.25, 0.3) is 0 Å². The van der Waals surface area contributed by atoms with E-state index >= 15 is 0 Å². The van der Waals surface area contributed by atoms with Crippen molar-refractivity contribution in [2.75, 3.05) is 16.9 Å². The summed E-state index contributed by atoms with van der Waals surface area (Å²) in [5.74, 6) is -0.932. The summed E-state index contributed by atoms with van der Waals surface area (Å²) in [4.78, 5) is 24.0. The van der Waals surface area contributed by atoms with Crippen molar-refractivity contribution < 1.29 is 9.59 Å². The Labute approximate surface area is 131 Å². The Hall–Kier alpha value is -2.04. The molecule has 2 rings (SSSR count). The van der Waals surface area contributed by atoms with Crippen LogP contribution in [-0.4, -0.2) is 17.6 Å². The molecule has 21 heavy (non-hydrogen) atoms. The number of amides is 1. The third-order valence-corrected chi connectivity index (χ3v) is 3.30. The van der Waals surface area contributed by atoms with E-state index in [1.807, 2.05) is 0 Å². The first-order valence-electron chi connectivity index (χ1n) is 6.07. The second kappa shape index (κ2) is 6.61. The second-order valence-corrected chi connectivity index (χ2v) is 4.99. The molecule has 0 spiro atoms. The van der Waals surface area contributed by atoms with Gasteiger partial charge in [-0.25, -0.2) is 0 Å². The molecule has 2 aromatic carbocycles. The summed E-state index contributed by atoms with van der Waals surface area (Å²) in [7, 11) is 0. The van der Waals surface area contributed by atoms with Crippen molar-refractivity contribution in [3.63, 3.8) is 0 Å². The predicted octanol–water partition coefficient (Wildman–Crippen LogP) is 3.33. The van der Waals surface area contributed by atoms with Crippen molar-refractivity contribution in [1.29, 1.82) is 0 Å². The molecule has 4 nitrogen and oxygen atoms in total. The minimum Gasteiger partial charge on any atom is -0.398 e. The number of ketones is 1. The van der Waals surface area contributed by atoms with Gasteiger partial charge in [-0.15, -0.1) is 11.6 Å². The van der Waals surface area contributed by atoms with Crippen molar-refractivity contribution in [1.82, 2.24) is 0 Å². The Morgan fingerprint density at radius 2 is 1.81 bits per heavy atom. The first kappa shape index (κ1) is 15.4. The van der Waals surface area contributed by atoms with Gasteiger partial charge < -0.3 is 11.1 Å². The van der Waals surface area contributed by atoms with Crippen LogP contribution in [-0.2, 0) is 4.79 Å². The van der Waals surface area contributed by atoms with E-state index in [0.717, 1.165) is 0 Å². The average molecular weight is 323 g/mol. The van der Waals surface area contributed by atoms with Gasteiger partial charge in [0.1, 0.15) is 5.88 Å². The number of hydrogen-bond donors (Lipinski definition) is 2. The summed E-state index contributed by atoms with van der Waals surface area (Å²) in [6, 6.07) is 11.3. The summed E-state index contributed by atoms with van der Waals surface area (Å²) in [6.45, 7) is 0. The molecular formula is C15H12Cl2N2O2. The van der Waals surface area contributed by atoms with Crippen molar-refractivity contribution in [3.8, 4) is 0 Å². The van der Waals surface area contributed by atoms with Gasteiger partial charge in [0, 0.05) is 21.8 Å². The number of nitrogens with two attached hydrogens (primary N) is 1. The maximum Gasteiger partial charge on any atom is 0.239 e. The highest BCUT2D eigenvalue weighted by molar-refractivity contribution is 6.32. The van der Waals surface area contributed by atoms with Gasteiger partial charge in [0.2, 0.25) is 5.91 Å². The standard InChI is InChI=1S/C15H12Cl2N2O2/c16-8-14(20)19-13-6-5-9(17)7-11(13)15(21)10-3-1-2-4-12(10)18/h1-7H,8,18H2,(H,19,20). The SMILES string of the molecule is Nc1ccccc1C(=O)c1cc(Cl)ccc1NC(=O)CCl. The van der Waals surface area contributed by atoms with Crippen LogP contribution >= 0.6 is 23.2 Å². The number of anilines is 2. The lowest BCUT2D eigenvalue weighted by molar-refractivity contribution is -0.113.